The van der Waals surface area contributed by atoms with Gasteiger partial charge in [0.1, 0.15) is 11.8 Å². The van der Waals surface area contributed by atoms with Crippen LogP contribution in [0, 0.1) is 6.92 Å². The number of carbonyl (C=O) groups is 1. The minimum Gasteiger partial charge on any atom is -0.473 e. The van der Waals surface area contributed by atoms with Gasteiger partial charge in [0.15, 0.2) is 0 Å². The van der Waals surface area contributed by atoms with Gasteiger partial charge in [0.2, 0.25) is 5.88 Å². The first-order valence-corrected chi connectivity index (χ1v) is 13.3. The van der Waals surface area contributed by atoms with Gasteiger partial charge in [-0.2, -0.15) is 13.2 Å². The number of ether oxygens (including phenoxy) is 3. The number of alkyl halides is 3. The number of aryl methyl sites for hydroxylation is 1. The van der Waals surface area contributed by atoms with Crippen molar-refractivity contribution < 1.29 is 32.2 Å². The number of nitrogens with one attached hydrogen (secondary N) is 1. The number of hydrogen-bond donors (Lipinski definition) is 1. The summed E-state index contributed by atoms with van der Waals surface area (Å²) in [5, 5.41) is 2.84. The molecule has 210 valence electrons. The van der Waals surface area contributed by atoms with Crippen molar-refractivity contribution in [3.05, 3.63) is 47.7 Å². The fourth-order valence-electron chi connectivity index (χ4n) is 5.08. The summed E-state index contributed by atoms with van der Waals surface area (Å²) in [6.07, 6.45) is -0.416. The van der Waals surface area contributed by atoms with Crippen LogP contribution in [-0.2, 0) is 9.47 Å². The van der Waals surface area contributed by atoms with Gasteiger partial charge in [-0.15, -0.1) is 0 Å². The number of likely N-dealkylation sites (tertiary alicyclic amines) is 1. The van der Waals surface area contributed by atoms with E-state index in [4.69, 9.17) is 19.2 Å². The molecule has 39 heavy (non-hydrogen) atoms. The van der Waals surface area contributed by atoms with E-state index in [1.807, 2.05) is 19.1 Å². The molecular formula is C28H33F3N4O4. The maximum absolute atomic E-state index is 12.8. The second kappa shape index (κ2) is 11.8. The zero-order valence-corrected chi connectivity index (χ0v) is 21.9. The Morgan fingerprint density at radius 1 is 1.10 bits per heavy atom. The number of anilines is 2. The Morgan fingerprint density at radius 3 is 2.59 bits per heavy atom. The molecule has 0 aliphatic carbocycles. The van der Waals surface area contributed by atoms with Crippen LogP contribution in [0.2, 0.25) is 0 Å². The van der Waals surface area contributed by atoms with Crippen molar-refractivity contribution >= 4 is 17.4 Å². The van der Waals surface area contributed by atoms with Crippen LogP contribution >= 0.6 is 0 Å². The molecule has 1 aromatic heterocycles. The second-order valence-corrected chi connectivity index (χ2v) is 10.1. The average Bonchev–Trinajstić information content (AvgIpc) is 3.38. The number of morpholine rings is 1. The maximum atomic E-state index is 12.8. The van der Waals surface area contributed by atoms with Crippen molar-refractivity contribution in [2.24, 2.45) is 0 Å². The molecule has 0 unspecified atom stereocenters. The van der Waals surface area contributed by atoms with E-state index in [1.54, 1.807) is 12.3 Å². The van der Waals surface area contributed by atoms with E-state index in [9.17, 15) is 18.0 Å². The van der Waals surface area contributed by atoms with Gasteiger partial charge >= 0.3 is 12.2 Å². The third-order valence-electron chi connectivity index (χ3n) is 7.18. The molecule has 3 aliphatic heterocycles. The Bertz CT molecular complexity index is 1210. The molecular weight excluding hydrogens is 513 g/mol. The zero-order valence-electron chi connectivity index (χ0n) is 21.9. The largest absolute Gasteiger partial charge is 0.473 e. The van der Waals surface area contributed by atoms with E-state index >= 15 is 0 Å². The SMILES string of the molecule is Cc1ccc(NC(=O)N2CC/C(=C/C(F)(F)F)C2)cc1-c1cnc(OC2CCOCC2)c(N2CCOCC2)c1. The number of aromatic nitrogens is 1. The van der Waals surface area contributed by atoms with Crippen LogP contribution in [0.25, 0.3) is 11.1 Å². The topological polar surface area (TPSA) is 76.2 Å². The van der Waals surface area contributed by atoms with Crippen LogP contribution in [0.4, 0.5) is 29.3 Å². The summed E-state index contributed by atoms with van der Waals surface area (Å²) < 4.78 is 55.4. The van der Waals surface area contributed by atoms with Crippen molar-refractivity contribution in [1.29, 1.82) is 0 Å². The number of rotatable bonds is 5. The van der Waals surface area contributed by atoms with E-state index in [0.29, 0.717) is 44.1 Å². The normalized spacial score (nSPS) is 19.9. The Hall–Kier alpha value is -3.31. The maximum Gasteiger partial charge on any atom is 0.409 e. The zero-order chi connectivity index (χ0) is 27.4. The van der Waals surface area contributed by atoms with Gasteiger partial charge in [-0.05, 0) is 48.2 Å². The van der Waals surface area contributed by atoms with E-state index in [-0.39, 0.29) is 31.2 Å². The minimum absolute atomic E-state index is 0.0362. The summed E-state index contributed by atoms with van der Waals surface area (Å²) in [4.78, 5) is 21.1. The summed E-state index contributed by atoms with van der Waals surface area (Å²) >= 11 is 0. The van der Waals surface area contributed by atoms with E-state index < -0.39 is 12.2 Å². The Morgan fingerprint density at radius 2 is 1.85 bits per heavy atom. The summed E-state index contributed by atoms with van der Waals surface area (Å²) in [5.41, 5.74) is 4.43. The highest BCUT2D eigenvalue weighted by Crippen LogP contribution is 2.35. The van der Waals surface area contributed by atoms with Gasteiger partial charge in [0.05, 0.1) is 26.4 Å². The van der Waals surface area contributed by atoms with Crippen LogP contribution in [0.15, 0.2) is 42.1 Å². The number of nitrogens with zero attached hydrogens (tertiary/aromatic N) is 3. The molecule has 0 spiro atoms. The molecule has 0 atom stereocenters. The molecule has 8 nitrogen and oxygen atoms in total. The van der Waals surface area contributed by atoms with Crippen LogP contribution < -0.4 is 15.0 Å². The number of urea groups is 1. The average molecular weight is 547 g/mol. The standard InChI is InChI=1S/C28H33F3N4O4/c1-19-2-3-22(33-27(36)35-7-4-20(18-35)16-28(29,30)31)15-24(19)21-14-25(34-8-12-38-13-9-34)26(32-17-21)39-23-5-10-37-11-6-23/h2-3,14-17,23H,4-13,18H2,1H3,(H,33,36)/b20-16-. The first-order chi connectivity index (χ1) is 18.7. The highest BCUT2D eigenvalue weighted by Gasteiger charge is 2.29. The quantitative estimate of drug-likeness (QED) is 0.521. The number of allylic oxidation sites excluding steroid dienone is 1. The van der Waals surface area contributed by atoms with Gasteiger partial charge in [0, 0.05) is 62.5 Å². The van der Waals surface area contributed by atoms with Gasteiger partial charge in [-0.1, -0.05) is 6.07 Å². The third-order valence-corrected chi connectivity index (χ3v) is 7.18. The Balaban J connectivity index is 1.36. The summed E-state index contributed by atoms with van der Waals surface area (Å²) in [7, 11) is 0. The molecule has 5 rings (SSSR count). The van der Waals surface area contributed by atoms with Gasteiger partial charge in [-0.3, -0.25) is 0 Å². The number of halogens is 3. The smallest absolute Gasteiger partial charge is 0.409 e. The lowest BCUT2D eigenvalue weighted by molar-refractivity contribution is -0.0806. The summed E-state index contributed by atoms with van der Waals surface area (Å²) in [5.74, 6) is 0.589. The molecule has 3 saturated heterocycles. The third kappa shape index (κ3) is 7.02. The number of hydrogen-bond acceptors (Lipinski definition) is 6. The van der Waals surface area contributed by atoms with E-state index in [1.165, 1.54) is 4.90 Å². The van der Waals surface area contributed by atoms with Gasteiger partial charge < -0.3 is 29.3 Å². The molecule has 2 aromatic rings. The van der Waals surface area contributed by atoms with Crippen molar-refractivity contribution in [2.45, 2.75) is 38.5 Å². The van der Waals surface area contributed by atoms with E-state index in [0.717, 1.165) is 48.3 Å². The molecule has 3 fully saturated rings. The van der Waals surface area contributed by atoms with E-state index in [2.05, 4.69) is 16.3 Å². The highest BCUT2D eigenvalue weighted by atomic mass is 19.4. The molecule has 2 amide bonds. The highest BCUT2D eigenvalue weighted by molar-refractivity contribution is 5.91. The number of carbonyl (C=O) groups excluding carboxylic acids is 1. The molecule has 0 saturated carbocycles. The number of pyridine rings is 1. The fourth-order valence-corrected chi connectivity index (χ4v) is 5.08. The molecule has 4 heterocycles. The van der Waals surface area contributed by atoms with Crippen LogP contribution in [0.5, 0.6) is 5.88 Å². The first kappa shape index (κ1) is 27.3. The monoisotopic (exact) mass is 546 g/mol. The molecule has 0 radical (unpaired) electrons. The Kier molecular flexibility index (Phi) is 8.27. The molecule has 1 aromatic carbocycles. The van der Waals surface area contributed by atoms with Crippen molar-refractivity contribution in [2.75, 3.05) is 62.8 Å². The molecule has 11 heteroatoms. The lowest BCUT2D eigenvalue weighted by Crippen LogP contribution is -2.37. The molecule has 3 aliphatic rings. The molecule has 0 bridgehead atoms. The number of amides is 2. The summed E-state index contributed by atoms with van der Waals surface area (Å²) in [6.45, 7) is 6.23. The predicted molar refractivity (Wildman–Crippen MR) is 141 cm³/mol. The van der Waals surface area contributed by atoms with Crippen molar-refractivity contribution in [3.8, 4) is 17.0 Å². The summed E-state index contributed by atoms with van der Waals surface area (Å²) in [6, 6.07) is 7.20. The molecule has 1 N–H and O–H groups in total. The van der Waals surface area contributed by atoms with Crippen molar-refractivity contribution in [3.63, 3.8) is 0 Å². The lowest BCUT2D eigenvalue weighted by atomic mass is 10.0. The first-order valence-electron chi connectivity index (χ1n) is 13.3. The van der Waals surface area contributed by atoms with Gasteiger partial charge in [-0.25, -0.2) is 9.78 Å². The van der Waals surface area contributed by atoms with Crippen molar-refractivity contribution in [1.82, 2.24) is 9.88 Å². The lowest BCUT2D eigenvalue weighted by Gasteiger charge is -2.31. The predicted octanol–water partition coefficient (Wildman–Crippen LogP) is 5.18. The van der Waals surface area contributed by atoms with Crippen LogP contribution in [-0.4, -0.2) is 80.8 Å². The fraction of sp³-hybridized carbons (Fsp3) is 0.500. The second-order valence-electron chi connectivity index (χ2n) is 10.1. The minimum atomic E-state index is -4.38. The van der Waals surface area contributed by atoms with Gasteiger partial charge in [0.25, 0.3) is 0 Å². The van der Waals surface area contributed by atoms with Crippen LogP contribution in [0.1, 0.15) is 24.8 Å². The van der Waals surface area contributed by atoms with Crippen LogP contribution in [0.3, 0.4) is 0 Å². The Labute approximate surface area is 225 Å². The number of benzene rings is 1.